The number of fused-ring (bicyclic) bond motifs is 3. The topological polar surface area (TPSA) is 91.0 Å². The SMILES string of the molecule is CCN1CCC2(CC1)COc1cc3c(cc12)N(C(=O)c1ccc(-c2ccc(C(=O)NNC(C)=O)cc2C)cc1)CC3. The minimum Gasteiger partial charge on any atom is -0.492 e. The fourth-order valence-electron chi connectivity index (χ4n) is 6.46. The first-order chi connectivity index (χ1) is 19.8. The number of nitrogens with one attached hydrogen (secondary N) is 2. The second kappa shape index (κ2) is 10.7. The first-order valence-electron chi connectivity index (χ1n) is 14.4. The Balaban J connectivity index is 1.20. The number of hydrazine groups is 1. The van der Waals surface area contributed by atoms with E-state index < -0.39 is 0 Å². The van der Waals surface area contributed by atoms with Crippen LogP contribution < -0.4 is 20.5 Å². The summed E-state index contributed by atoms with van der Waals surface area (Å²) in [4.78, 5) is 41.5. The number of piperidine rings is 1. The van der Waals surface area contributed by atoms with Crippen molar-refractivity contribution < 1.29 is 19.1 Å². The van der Waals surface area contributed by atoms with Crippen LogP contribution in [0.2, 0.25) is 0 Å². The fourth-order valence-corrected chi connectivity index (χ4v) is 6.46. The Morgan fingerprint density at radius 2 is 1.66 bits per heavy atom. The van der Waals surface area contributed by atoms with Gasteiger partial charge in [0.25, 0.3) is 11.8 Å². The smallest absolute Gasteiger partial charge is 0.269 e. The second-order valence-corrected chi connectivity index (χ2v) is 11.4. The molecule has 0 unspecified atom stereocenters. The van der Waals surface area contributed by atoms with Crippen molar-refractivity contribution in [3.63, 3.8) is 0 Å². The van der Waals surface area contributed by atoms with Gasteiger partial charge in [0.1, 0.15) is 5.75 Å². The highest BCUT2D eigenvalue weighted by Crippen LogP contribution is 2.49. The van der Waals surface area contributed by atoms with Crippen LogP contribution in [-0.2, 0) is 16.6 Å². The maximum atomic E-state index is 13.7. The Morgan fingerprint density at radius 1 is 0.927 bits per heavy atom. The van der Waals surface area contributed by atoms with Gasteiger partial charge in [-0.1, -0.05) is 25.1 Å². The van der Waals surface area contributed by atoms with Crippen molar-refractivity contribution in [2.24, 2.45) is 0 Å². The maximum Gasteiger partial charge on any atom is 0.269 e. The van der Waals surface area contributed by atoms with Crippen LogP contribution in [0.25, 0.3) is 11.1 Å². The van der Waals surface area contributed by atoms with Gasteiger partial charge in [0, 0.05) is 41.3 Å². The predicted octanol–water partition coefficient (Wildman–Crippen LogP) is 4.39. The molecule has 8 nitrogen and oxygen atoms in total. The van der Waals surface area contributed by atoms with E-state index >= 15 is 0 Å². The van der Waals surface area contributed by atoms with Gasteiger partial charge in [0.05, 0.1) is 6.61 Å². The molecule has 0 atom stereocenters. The van der Waals surface area contributed by atoms with Gasteiger partial charge in [-0.2, -0.15) is 0 Å². The molecule has 8 heteroatoms. The summed E-state index contributed by atoms with van der Waals surface area (Å²) in [5.41, 5.74) is 12.2. The fraction of sp³-hybridized carbons (Fsp3) is 0.364. The molecule has 1 fully saturated rings. The number of aryl methyl sites for hydroxylation is 1. The van der Waals surface area contributed by atoms with Crippen molar-refractivity contribution in [1.29, 1.82) is 0 Å². The molecule has 0 aromatic heterocycles. The summed E-state index contributed by atoms with van der Waals surface area (Å²) < 4.78 is 6.21. The Hall–Kier alpha value is -4.17. The molecule has 212 valence electrons. The van der Waals surface area contributed by atoms with Crippen molar-refractivity contribution in [1.82, 2.24) is 15.8 Å². The summed E-state index contributed by atoms with van der Waals surface area (Å²) in [5.74, 6) is 0.288. The molecule has 3 aromatic carbocycles. The van der Waals surface area contributed by atoms with Crippen LogP contribution in [0.5, 0.6) is 5.75 Å². The molecule has 1 saturated heterocycles. The zero-order chi connectivity index (χ0) is 28.7. The normalized spacial score (nSPS) is 17.1. The lowest BCUT2D eigenvalue weighted by atomic mass is 9.74. The van der Waals surface area contributed by atoms with E-state index in [4.69, 9.17) is 4.74 Å². The van der Waals surface area contributed by atoms with Crippen molar-refractivity contribution in [2.45, 2.75) is 45.4 Å². The van der Waals surface area contributed by atoms with Gasteiger partial charge in [-0.15, -0.1) is 0 Å². The molecule has 2 N–H and O–H groups in total. The van der Waals surface area contributed by atoms with Gasteiger partial charge in [-0.3, -0.25) is 25.2 Å². The van der Waals surface area contributed by atoms with Crippen LogP contribution in [0.3, 0.4) is 0 Å². The van der Waals surface area contributed by atoms with Crippen molar-refractivity contribution in [3.8, 4) is 16.9 Å². The predicted molar refractivity (Wildman–Crippen MR) is 158 cm³/mol. The first-order valence-corrected chi connectivity index (χ1v) is 14.4. The highest BCUT2D eigenvalue weighted by Gasteiger charge is 2.44. The summed E-state index contributed by atoms with van der Waals surface area (Å²) in [6.07, 6.45) is 3.00. The Kier molecular flexibility index (Phi) is 7.03. The standard InChI is InChI=1S/C33H36N4O4/c1-4-36-15-12-33(13-16-36)20-41-30-18-25-11-14-37(29(25)19-28(30)33)32(40)24-7-5-23(6-8-24)27-10-9-26(17-21(27)2)31(39)35-34-22(3)38/h5-10,17-19H,4,11-16,20H2,1-3H3,(H,34,38)(H,35,39). The molecule has 3 aliphatic rings. The molecule has 3 aromatic rings. The van der Waals surface area contributed by atoms with E-state index in [1.54, 1.807) is 12.1 Å². The highest BCUT2D eigenvalue weighted by molar-refractivity contribution is 6.07. The number of hydrogen-bond acceptors (Lipinski definition) is 5. The summed E-state index contributed by atoms with van der Waals surface area (Å²) in [6, 6.07) is 17.5. The molecule has 0 aliphatic carbocycles. The third-order valence-corrected chi connectivity index (χ3v) is 8.94. The lowest BCUT2D eigenvalue weighted by Gasteiger charge is -2.38. The molecule has 0 bridgehead atoms. The third kappa shape index (κ3) is 4.97. The quantitative estimate of drug-likeness (QED) is 0.469. The van der Waals surface area contributed by atoms with Crippen LogP contribution in [-0.4, -0.2) is 55.4 Å². The number of rotatable bonds is 4. The average Bonchev–Trinajstić information content (AvgIpc) is 3.56. The summed E-state index contributed by atoms with van der Waals surface area (Å²) in [6.45, 7) is 10.1. The van der Waals surface area contributed by atoms with E-state index in [1.165, 1.54) is 18.1 Å². The number of carbonyl (C=O) groups is 3. The summed E-state index contributed by atoms with van der Waals surface area (Å²) in [7, 11) is 0. The molecule has 3 aliphatic heterocycles. The van der Waals surface area contributed by atoms with E-state index in [-0.39, 0.29) is 23.1 Å². The number of ether oxygens (including phenoxy) is 1. The number of nitrogens with zero attached hydrogens (tertiary/aromatic N) is 2. The Morgan fingerprint density at radius 3 is 2.34 bits per heavy atom. The number of amides is 3. The van der Waals surface area contributed by atoms with E-state index in [0.29, 0.717) is 17.7 Å². The minimum atomic E-state index is -0.378. The number of benzene rings is 3. The molecule has 0 radical (unpaired) electrons. The average molecular weight is 553 g/mol. The molecular formula is C33H36N4O4. The number of likely N-dealkylation sites (tertiary alicyclic amines) is 1. The Labute approximate surface area is 240 Å². The van der Waals surface area contributed by atoms with Crippen LogP contribution >= 0.6 is 0 Å². The molecule has 0 saturated carbocycles. The van der Waals surface area contributed by atoms with Crippen molar-refractivity contribution in [3.05, 3.63) is 82.4 Å². The molecule has 3 heterocycles. The van der Waals surface area contributed by atoms with Gasteiger partial charge in [0.2, 0.25) is 5.91 Å². The van der Waals surface area contributed by atoms with E-state index in [1.807, 2.05) is 42.2 Å². The van der Waals surface area contributed by atoms with Gasteiger partial charge in [0.15, 0.2) is 0 Å². The zero-order valence-corrected chi connectivity index (χ0v) is 23.9. The van der Waals surface area contributed by atoms with E-state index in [2.05, 4.69) is 34.8 Å². The van der Waals surface area contributed by atoms with E-state index in [0.717, 1.165) is 73.6 Å². The zero-order valence-electron chi connectivity index (χ0n) is 23.9. The monoisotopic (exact) mass is 552 g/mol. The summed E-state index contributed by atoms with van der Waals surface area (Å²) >= 11 is 0. The minimum absolute atomic E-state index is 0.00531. The number of carbonyl (C=O) groups excluding carboxylic acids is 3. The van der Waals surface area contributed by atoms with Crippen LogP contribution in [0.1, 0.15) is 64.1 Å². The largest absolute Gasteiger partial charge is 0.492 e. The van der Waals surface area contributed by atoms with E-state index in [9.17, 15) is 14.4 Å². The van der Waals surface area contributed by atoms with Gasteiger partial charge in [-0.25, -0.2) is 0 Å². The van der Waals surface area contributed by atoms with Gasteiger partial charge < -0.3 is 14.5 Å². The molecule has 3 amide bonds. The molecule has 6 rings (SSSR count). The van der Waals surface area contributed by atoms with Crippen molar-refractivity contribution >= 4 is 23.4 Å². The van der Waals surface area contributed by atoms with Gasteiger partial charge in [-0.05, 0) is 104 Å². The lowest BCUT2D eigenvalue weighted by Crippen LogP contribution is -2.43. The van der Waals surface area contributed by atoms with Crippen LogP contribution in [0.4, 0.5) is 5.69 Å². The Bertz CT molecular complexity index is 1520. The molecular weight excluding hydrogens is 516 g/mol. The third-order valence-electron chi connectivity index (χ3n) is 8.94. The van der Waals surface area contributed by atoms with Crippen molar-refractivity contribution in [2.75, 3.05) is 37.7 Å². The summed E-state index contributed by atoms with van der Waals surface area (Å²) in [5, 5.41) is 0. The van der Waals surface area contributed by atoms with Gasteiger partial charge >= 0.3 is 0 Å². The number of anilines is 1. The second-order valence-electron chi connectivity index (χ2n) is 11.4. The van der Waals surface area contributed by atoms with Crippen LogP contribution in [0, 0.1) is 6.92 Å². The lowest BCUT2D eigenvalue weighted by molar-refractivity contribution is -0.119. The maximum absolute atomic E-state index is 13.7. The highest BCUT2D eigenvalue weighted by atomic mass is 16.5. The first kappa shape index (κ1) is 27.0. The van der Waals surface area contributed by atoms with Crippen LogP contribution in [0.15, 0.2) is 54.6 Å². The number of hydrogen-bond donors (Lipinski definition) is 2. The molecule has 41 heavy (non-hydrogen) atoms. The molecule has 1 spiro atoms.